The van der Waals surface area contributed by atoms with Crippen molar-refractivity contribution in [3.05, 3.63) is 35.4 Å². The maximum absolute atomic E-state index is 13.7. The lowest BCUT2D eigenvalue weighted by Crippen LogP contribution is -2.53. The highest BCUT2D eigenvalue weighted by Gasteiger charge is 2.35. The van der Waals surface area contributed by atoms with Crippen LogP contribution in [0.3, 0.4) is 0 Å². The molecule has 0 aromatic heterocycles. The minimum Gasteiger partial charge on any atom is -0.444 e. The summed E-state index contributed by atoms with van der Waals surface area (Å²) in [6.07, 6.45) is 10.5. The number of likely N-dealkylation sites (N-methyl/N-ethyl adjacent to an activating group) is 1. The number of ether oxygens (including phenoxy) is 1. The van der Waals surface area contributed by atoms with Crippen LogP contribution in [0.4, 0.5) is 4.79 Å². The monoisotopic (exact) mass is 483 g/mol. The molecule has 1 aliphatic carbocycles. The maximum Gasteiger partial charge on any atom is 0.408 e. The molecule has 2 rings (SSSR count). The standard InChI is InChI=1S/C28H41N3O4/c1-8-20-14-16-21(17-15-20)24(25(32)29-22-12-10-9-11-13-22)31(7)26(33)23(18-19(2)3)30-27(34)35-28(4,5)6/h1,14-17,19,22-24H,9-13,18H2,2-7H3,(H,29,32)(H,30,34). The third-order valence-corrected chi connectivity index (χ3v) is 6.02. The van der Waals surface area contributed by atoms with Gasteiger partial charge in [-0.3, -0.25) is 9.59 Å². The highest BCUT2D eigenvalue weighted by Crippen LogP contribution is 2.25. The first kappa shape index (κ1) is 28.2. The number of nitrogens with one attached hydrogen (secondary N) is 2. The van der Waals surface area contributed by atoms with Crippen molar-refractivity contribution in [2.45, 2.75) is 96.9 Å². The summed E-state index contributed by atoms with van der Waals surface area (Å²) in [5, 5.41) is 5.87. The van der Waals surface area contributed by atoms with Crippen molar-refractivity contribution in [1.82, 2.24) is 15.5 Å². The molecule has 0 spiro atoms. The first-order chi connectivity index (χ1) is 16.4. The lowest BCUT2D eigenvalue weighted by atomic mass is 9.94. The number of hydrogen-bond donors (Lipinski definition) is 2. The van der Waals surface area contributed by atoms with E-state index in [0.717, 1.165) is 25.7 Å². The van der Waals surface area contributed by atoms with Gasteiger partial charge in [-0.05, 0) is 63.6 Å². The number of benzene rings is 1. The molecule has 1 aromatic rings. The summed E-state index contributed by atoms with van der Waals surface area (Å²) in [5.41, 5.74) is 0.662. The van der Waals surface area contributed by atoms with Gasteiger partial charge in [0, 0.05) is 18.7 Å². The number of hydrogen-bond acceptors (Lipinski definition) is 4. The average Bonchev–Trinajstić information content (AvgIpc) is 2.77. The Labute approximate surface area is 210 Å². The van der Waals surface area contributed by atoms with E-state index in [4.69, 9.17) is 11.2 Å². The molecule has 2 N–H and O–H groups in total. The lowest BCUT2D eigenvalue weighted by Gasteiger charge is -2.33. The van der Waals surface area contributed by atoms with Crippen molar-refractivity contribution in [3.63, 3.8) is 0 Å². The second-order valence-electron chi connectivity index (χ2n) is 10.8. The van der Waals surface area contributed by atoms with Crippen molar-refractivity contribution < 1.29 is 19.1 Å². The zero-order valence-electron chi connectivity index (χ0n) is 22.0. The van der Waals surface area contributed by atoms with Crippen LogP contribution < -0.4 is 10.6 Å². The number of amides is 3. The smallest absolute Gasteiger partial charge is 0.408 e. The van der Waals surface area contributed by atoms with Gasteiger partial charge in [0.1, 0.15) is 17.7 Å². The van der Waals surface area contributed by atoms with Crippen LogP contribution in [-0.4, -0.2) is 47.5 Å². The van der Waals surface area contributed by atoms with Crippen LogP contribution in [0.15, 0.2) is 24.3 Å². The van der Waals surface area contributed by atoms with E-state index in [9.17, 15) is 14.4 Å². The van der Waals surface area contributed by atoms with Crippen LogP contribution in [0.1, 0.15) is 90.3 Å². The number of alkyl carbamates (subject to hydrolysis) is 1. The first-order valence-corrected chi connectivity index (χ1v) is 12.5. The predicted octanol–water partition coefficient (Wildman–Crippen LogP) is 4.56. The van der Waals surface area contributed by atoms with Crippen molar-refractivity contribution in [1.29, 1.82) is 0 Å². The van der Waals surface area contributed by atoms with Crippen LogP contribution in [0, 0.1) is 18.3 Å². The summed E-state index contributed by atoms with van der Waals surface area (Å²) in [6, 6.07) is 5.50. The Kier molecular flexibility index (Phi) is 10.2. The number of rotatable bonds is 8. The van der Waals surface area contributed by atoms with E-state index in [1.165, 1.54) is 11.3 Å². The molecule has 7 heteroatoms. The van der Waals surface area contributed by atoms with Crippen molar-refractivity contribution in [2.24, 2.45) is 5.92 Å². The lowest BCUT2D eigenvalue weighted by molar-refractivity contribution is -0.141. The molecular formula is C28H41N3O4. The van der Waals surface area contributed by atoms with Gasteiger partial charge in [0.2, 0.25) is 11.8 Å². The minimum atomic E-state index is -0.855. The van der Waals surface area contributed by atoms with E-state index in [2.05, 4.69) is 16.6 Å². The molecule has 35 heavy (non-hydrogen) atoms. The summed E-state index contributed by atoms with van der Waals surface area (Å²) in [4.78, 5) is 41.1. The normalized spacial score (nSPS) is 16.1. The fourth-order valence-electron chi connectivity index (χ4n) is 4.36. The van der Waals surface area contributed by atoms with E-state index in [1.54, 1.807) is 52.1 Å². The van der Waals surface area contributed by atoms with Gasteiger partial charge in [-0.1, -0.05) is 51.2 Å². The summed E-state index contributed by atoms with van der Waals surface area (Å²) in [7, 11) is 1.60. The van der Waals surface area contributed by atoms with Gasteiger partial charge < -0.3 is 20.3 Å². The minimum absolute atomic E-state index is 0.0959. The van der Waals surface area contributed by atoms with Gasteiger partial charge >= 0.3 is 6.09 Å². The van der Waals surface area contributed by atoms with E-state index >= 15 is 0 Å². The molecule has 0 aliphatic heterocycles. The van der Waals surface area contributed by atoms with Gasteiger partial charge in [-0.25, -0.2) is 4.79 Å². The Morgan fingerprint density at radius 2 is 1.71 bits per heavy atom. The van der Waals surface area contributed by atoms with Crippen LogP contribution in [-0.2, 0) is 14.3 Å². The number of nitrogens with zero attached hydrogens (tertiary/aromatic N) is 1. The van der Waals surface area contributed by atoms with Gasteiger partial charge in [-0.2, -0.15) is 0 Å². The molecule has 1 saturated carbocycles. The van der Waals surface area contributed by atoms with Crippen LogP contribution in [0.2, 0.25) is 0 Å². The Morgan fingerprint density at radius 3 is 2.23 bits per heavy atom. The number of carbonyl (C=O) groups is 3. The third kappa shape index (κ3) is 8.93. The first-order valence-electron chi connectivity index (χ1n) is 12.5. The number of terminal acetylenes is 1. The third-order valence-electron chi connectivity index (χ3n) is 6.02. The van der Waals surface area contributed by atoms with Crippen molar-refractivity contribution in [2.75, 3.05) is 7.05 Å². The molecule has 0 bridgehead atoms. The Morgan fingerprint density at radius 1 is 1.11 bits per heavy atom. The zero-order valence-corrected chi connectivity index (χ0v) is 22.0. The fraction of sp³-hybridized carbons (Fsp3) is 0.607. The molecule has 1 aromatic carbocycles. The molecule has 1 fully saturated rings. The van der Waals surface area contributed by atoms with Crippen LogP contribution in [0.25, 0.3) is 0 Å². The van der Waals surface area contributed by atoms with Gasteiger partial charge in [-0.15, -0.1) is 6.42 Å². The molecule has 0 heterocycles. The van der Waals surface area contributed by atoms with Crippen LogP contribution in [0.5, 0.6) is 0 Å². The predicted molar refractivity (Wildman–Crippen MR) is 138 cm³/mol. The summed E-state index contributed by atoms with van der Waals surface area (Å²) < 4.78 is 5.38. The summed E-state index contributed by atoms with van der Waals surface area (Å²) in [5.74, 6) is 2.13. The topological polar surface area (TPSA) is 87.7 Å². The second-order valence-corrected chi connectivity index (χ2v) is 10.8. The van der Waals surface area contributed by atoms with Gasteiger partial charge in [0.25, 0.3) is 0 Å². The highest BCUT2D eigenvalue weighted by molar-refractivity contribution is 5.92. The van der Waals surface area contributed by atoms with Crippen molar-refractivity contribution in [3.8, 4) is 12.3 Å². The summed E-state index contributed by atoms with van der Waals surface area (Å²) in [6.45, 7) is 9.25. The largest absolute Gasteiger partial charge is 0.444 e. The van der Waals surface area contributed by atoms with E-state index in [0.29, 0.717) is 17.5 Å². The molecule has 0 saturated heterocycles. The van der Waals surface area contributed by atoms with Crippen LogP contribution >= 0.6 is 0 Å². The molecule has 2 atom stereocenters. The molecule has 2 unspecified atom stereocenters. The average molecular weight is 484 g/mol. The molecule has 3 amide bonds. The SMILES string of the molecule is C#Cc1ccc(C(C(=O)NC2CCCCC2)N(C)C(=O)C(CC(C)C)NC(=O)OC(C)(C)C)cc1. The van der Waals surface area contributed by atoms with Crippen molar-refractivity contribution >= 4 is 17.9 Å². The molecule has 192 valence electrons. The zero-order chi connectivity index (χ0) is 26.2. The Hall–Kier alpha value is -3.01. The summed E-state index contributed by atoms with van der Waals surface area (Å²) >= 11 is 0. The molecule has 1 aliphatic rings. The fourth-order valence-corrected chi connectivity index (χ4v) is 4.36. The number of carbonyl (C=O) groups excluding carboxylic acids is 3. The molecule has 7 nitrogen and oxygen atoms in total. The second kappa shape index (κ2) is 12.6. The Bertz CT molecular complexity index is 906. The van der Waals surface area contributed by atoms with E-state index in [-0.39, 0.29) is 23.8 Å². The Balaban J connectivity index is 2.31. The van der Waals surface area contributed by atoms with Gasteiger partial charge in [0.05, 0.1) is 0 Å². The quantitative estimate of drug-likeness (QED) is 0.531. The maximum atomic E-state index is 13.7. The molecule has 0 radical (unpaired) electrons. The van der Waals surface area contributed by atoms with Gasteiger partial charge in [0.15, 0.2) is 0 Å². The van der Waals surface area contributed by atoms with E-state index < -0.39 is 23.8 Å². The molecular weight excluding hydrogens is 442 g/mol. The highest BCUT2D eigenvalue weighted by atomic mass is 16.6. The van der Waals surface area contributed by atoms with E-state index in [1.807, 2.05) is 13.8 Å².